The Morgan fingerprint density at radius 1 is 1.14 bits per heavy atom. The molecule has 4 rings (SSSR count). The zero-order chi connectivity index (χ0) is 19.7. The molecule has 1 saturated heterocycles. The molecule has 0 aromatic heterocycles. The topological polar surface area (TPSA) is 73.2 Å². The number of carbonyl (C=O) groups excluding carboxylic acids is 2. The van der Waals surface area contributed by atoms with E-state index in [9.17, 15) is 9.59 Å². The van der Waals surface area contributed by atoms with Gasteiger partial charge in [-0.05, 0) is 48.6 Å². The van der Waals surface area contributed by atoms with Gasteiger partial charge < -0.3 is 10.2 Å². The summed E-state index contributed by atoms with van der Waals surface area (Å²) in [6, 6.07) is 17.3. The van der Waals surface area contributed by atoms with Crippen molar-refractivity contribution in [2.45, 2.75) is 37.5 Å². The summed E-state index contributed by atoms with van der Waals surface area (Å²) in [7, 11) is 0. The molecule has 0 saturated carbocycles. The van der Waals surface area contributed by atoms with Crippen molar-refractivity contribution in [1.82, 2.24) is 4.90 Å². The summed E-state index contributed by atoms with van der Waals surface area (Å²) in [5, 5.41) is 12.1. The lowest BCUT2D eigenvalue weighted by atomic mass is 9.73. The van der Waals surface area contributed by atoms with Gasteiger partial charge >= 0.3 is 0 Å². The van der Waals surface area contributed by atoms with Crippen molar-refractivity contribution in [3.05, 3.63) is 65.2 Å². The monoisotopic (exact) mass is 373 g/mol. The third-order valence-corrected chi connectivity index (χ3v) is 6.24. The van der Waals surface area contributed by atoms with Crippen LogP contribution in [-0.2, 0) is 15.0 Å². The van der Waals surface area contributed by atoms with Crippen LogP contribution in [0.4, 0.5) is 5.69 Å². The third kappa shape index (κ3) is 3.16. The Kier molecular flexibility index (Phi) is 4.64. The average Bonchev–Trinajstić information content (AvgIpc) is 3.03. The zero-order valence-electron chi connectivity index (χ0n) is 15.9. The number of fused-ring (bicyclic) bond motifs is 2. The van der Waals surface area contributed by atoms with Gasteiger partial charge in [-0.3, -0.25) is 9.59 Å². The fourth-order valence-electron chi connectivity index (χ4n) is 4.75. The maximum Gasteiger partial charge on any atom is 0.231 e. The first kappa shape index (κ1) is 18.2. The summed E-state index contributed by atoms with van der Waals surface area (Å²) in [4.78, 5) is 26.7. The molecule has 1 aliphatic heterocycles. The summed E-state index contributed by atoms with van der Waals surface area (Å²) < 4.78 is 0. The molecule has 28 heavy (non-hydrogen) atoms. The molecular formula is C23H23N3O2. The third-order valence-electron chi connectivity index (χ3n) is 6.24. The van der Waals surface area contributed by atoms with Gasteiger partial charge in [0, 0.05) is 31.1 Å². The molecule has 5 nitrogen and oxygen atoms in total. The zero-order valence-corrected chi connectivity index (χ0v) is 15.9. The first-order valence-corrected chi connectivity index (χ1v) is 9.68. The number of hydrogen-bond donors (Lipinski definition) is 1. The van der Waals surface area contributed by atoms with Crippen molar-refractivity contribution in [1.29, 1.82) is 5.26 Å². The molecule has 1 aliphatic carbocycles. The van der Waals surface area contributed by atoms with Crippen LogP contribution in [0.5, 0.6) is 0 Å². The van der Waals surface area contributed by atoms with Gasteiger partial charge in [-0.15, -0.1) is 0 Å². The number of amides is 2. The second-order valence-electron chi connectivity index (χ2n) is 7.81. The molecule has 0 radical (unpaired) electrons. The normalized spacial score (nSPS) is 19.7. The van der Waals surface area contributed by atoms with E-state index in [1.54, 1.807) is 31.2 Å². The molecule has 2 aromatic carbocycles. The van der Waals surface area contributed by atoms with Gasteiger partial charge in [0.05, 0.1) is 17.6 Å². The second kappa shape index (κ2) is 7.12. The van der Waals surface area contributed by atoms with Crippen LogP contribution in [0.15, 0.2) is 48.5 Å². The van der Waals surface area contributed by atoms with E-state index in [0.29, 0.717) is 11.3 Å². The van der Waals surface area contributed by atoms with Crippen LogP contribution in [0.1, 0.15) is 48.8 Å². The number of nitriles is 1. The van der Waals surface area contributed by atoms with Gasteiger partial charge in [0.1, 0.15) is 0 Å². The fourth-order valence-corrected chi connectivity index (χ4v) is 4.75. The van der Waals surface area contributed by atoms with Crippen molar-refractivity contribution in [3.63, 3.8) is 0 Å². The maximum absolute atomic E-state index is 13.1. The lowest BCUT2D eigenvalue weighted by Gasteiger charge is -2.40. The molecule has 2 amide bonds. The molecule has 2 aromatic rings. The molecule has 1 spiro atoms. The van der Waals surface area contributed by atoms with Gasteiger partial charge in [0.25, 0.3) is 0 Å². The highest BCUT2D eigenvalue weighted by Gasteiger charge is 2.47. The standard InChI is InChI=1S/C23H23N3O2/c1-16(27)26-11-9-23(10-12-26)14-20(19-7-2-3-8-21(19)23)22(28)25-18-6-4-5-17(13-18)15-24/h2-8,13,20H,9-12,14H2,1H3,(H,25,28)/t20-/m1/s1. The van der Waals surface area contributed by atoms with Gasteiger partial charge in [0.2, 0.25) is 11.8 Å². The number of anilines is 1. The van der Waals surface area contributed by atoms with E-state index in [2.05, 4.69) is 23.5 Å². The predicted octanol–water partition coefficient (Wildman–Crippen LogP) is 3.56. The molecule has 0 bridgehead atoms. The SMILES string of the molecule is CC(=O)N1CCC2(CC1)C[C@@H](C(=O)Nc1cccc(C#N)c1)c1ccccc12. The van der Waals surface area contributed by atoms with E-state index in [1.807, 2.05) is 17.0 Å². The second-order valence-corrected chi connectivity index (χ2v) is 7.81. The van der Waals surface area contributed by atoms with Gasteiger partial charge in [0.15, 0.2) is 0 Å². The van der Waals surface area contributed by atoms with Gasteiger partial charge in [-0.1, -0.05) is 30.3 Å². The summed E-state index contributed by atoms with van der Waals surface area (Å²) in [6.45, 7) is 3.09. The van der Waals surface area contributed by atoms with Crippen LogP contribution in [0.3, 0.4) is 0 Å². The molecule has 0 unspecified atom stereocenters. The highest BCUT2D eigenvalue weighted by atomic mass is 16.2. The number of likely N-dealkylation sites (tertiary alicyclic amines) is 1. The van der Waals surface area contributed by atoms with Crippen LogP contribution in [0.25, 0.3) is 0 Å². The molecule has 142 valence electrons. The van der Waals surface area contributed by atoms with E-state index in [1.165, 1.54) is 5.56 Å². The summed E-state index contributed by atoms with van der Waals surface area (Å²) in [5.41, 5.74) is 3.47. The minimum atomic E-state index is -0.217. The van der Waals surface area contributed by atoms with Crippen molar-refractivity contribution in [2.75, 3.05) is 18.4 Å². The number of rotatable bonds is 2. The molecule has 1 N–H and O–H groups in total. The molecular weight excluding hydrogens is 350 g/mol. The van der Waals surface area contributed by atoms with Crippen molar-refractivity contribution in [2.24, 2.45) is 0 Å². The number of piperidine rings is 1. The first-order valence-electron chi connectivity index (χ1n) is 9.68. The van der Waals surface area contributed by atoms with E-state index in [0.717, 1.165) is 37.9 Å². The first-order chi connectivity index (χ1) is 13.5. The van der Waals surface area contributed by atoms with Crippen molar-refractivity contribution in [3.8, 4) is 6.07 Å². The van der Waals surface area contributed by atoms with E-state index in [4.69, 9.17) is 5.26 Å². The largest absolute Gasteiger partial charge is 0.343 e. The maximum atomic E-state index is 13.1. The summed E-state index contributed by atoms with van der Waals surface area (Å²) >= 11 is 0. The highest BCUT2D eigenvalue weighted by Crippen LogP contribution is 2.51. The molecule has 1 atom stereocenters. The molecule has 5 heteroatoms. The smallest absolute Gasteiger partial charge is 0.231 e. The Morgan fingerprint density at radius 2 is 1.89 bits per heavy atom. The van der Waals surface area contributed by atoms with Crippen LogP contribution >= 0.6 is 0 Å². The summed E-state index contributed by atoms with van der Waals surface area (Å²) in [6.07, 6.45) is 2.54. The highest BCUT2D eigenvalue weighted by molar-refractivity contribution is 5.97. The van der Waals surface area contributed by atoms with Crippen LogP contribution in [-0.4, -0.2) is 29.8 Å². The number of benzene rings is 2. The van der Waals surface area contributed by atoms with Crippen molar-refractivity contribution < 1.29 is 9.59 Å². The Balaban J connectivity index is 1.58. The molecule has 2 aliphatic rings. The minimum Gasteiger partial charge on any atom is -0.343 e. The Bertz CT molecular complexity index is 968. The molecule has 1 fully saturated rings. The molecule has 1 heterocycles. The predicted molar refractivity (Wildman–Crippen MR) is 107 cm³/mol. The summed E-state index contributed by atoms with van der Waals surface area (Å²) in [5.74, 6) is -0.132. The number of nitrogens with zero attached hydrogens (tertiary/aromatic N) is 2. The minimum absolute atomic E-state index is 0.0339. The van der Waals surface area contributed by atoms with E-state index in [-0.39, 0.29) is 23.1 Å². The quantitative estimate of drug-likeness (QED) is 0.875. The Morgan fingerprint density at radius 3 is 2.61 bits per heavy atom. The number of hydrogen-bond acceptors (Lipinski definition) is 3. The van der Waals surface area contributed by atoms with Crippen LogP contribution in [0.2, 0.25) is 0 Å². The lowest BCUT2D eigenvalue weighted by Crippen LogP contribution is -2.43. The van der Waals surface area contributed by atoms with E-state index >= 15 is 0 Å². The number of carbonyl (C=O) groups is 2. The van der Waals surface area contributed by atoms with Crippen LogP contribution in [0, 0.1) is 11.3 Å². The van der Waals surface area contributed by atoms with Gasteiger partial charge in [-0.25, -0.2) is 0 Å². The Labute approximate surface area is 165 Å². The fraction of sp³-hybridized carbons (Fsp3) is 0.348. The van der Waals surface area contributed by atoms with Gasteiger partial charge in [-0.2, -0.15) is 5.26 Å². The van der Waals surface area contributed by atoms with Crippen LogP contribution < -0.4 is 5.32 Å². The van der Waals surface area contributed by atoms with E-state index < -0.39 is 0 Å². The van der Waals surface area contributed by atoms with Crippen molar-refractivity contribution >= 4 is 17.5 Å². The number of nitrogens with one attached hydrogen (secondary N) is 1. The lowest BCUT2D eigenvalue weighted by molar-refractivity contribution is -0.130. The Hall–Kier alpha value is -3.13. The average molecular weight is 373 g/mol.